The molecule has 4 heteroatoms. The summed E-state index contributed by atoms with van der Waals surface area (Å²) >= 11 is 0. The molecule has 1 aliphatic rings. The minimum Gasteiger partial charge on any atom is -0.491 e. The van der Waals surface area contributed by atoms with Crippen molar-refractivity contribution in [2.75, 3.05) is 13.2 Å². The van der Waals surface area contributed by atoms with Gasteiger partial charge in [0, 0.05) is 6.54 Å². The second-order valence-electron chi connectivity index (χ2n) is 5.48. The van der Waals surface area contributed by atoms with E-state index >= 15 is 0 Å². The predicted molar refractivity (Wildman–Crippen MR) is 79.6 cm³/mol. The lowest BCUT2D eigenvalue weighted by Gasteiger charge is -2.33. The van der Waals surface area contributed by atoms with Crippen LogP contribution < -0.4 is 15.8 Å². The maximum absolute atomic E-state index is 12.5. The summed E-state index contributed by atoms with van der Waals surface area (Å²) in [4.78, 5) is 12.5. The van der Waals surface area contributed by atoms with Gasteiger partial charge in [-0.05, 0) is 30.9 Å². The molecular formula is C16H24N2O2. The lowest BCUT2D eigenvalue weighted by atomic mass is 9.81. The monoisotopic (exact) mass is 276 g/mol. The van der Waals surface area contributed by atoms with Gasteiger partial charge in [0.25, 0.3) is 0 Å². The Labute approximate surface area is 120 Å². The van der Waals surface area contributed by atoms with Gasteiger partial charge in [0.05, 0.1) is 11.5 Å². The molecule has 20 heavy (non-hydrogen) atoms. The highest BCUT2D eigenvalue weighted by molar-refractivity contribution is 5.83. The number of rotatable bonds is 5. The number of ether oxygens (including phenoxy) is 1. The van der Waals surface area contributed by atoms with Crippen molar-refractivity contribution in [3.8, 4) is 5.75 Å². The van der Waals surface area contributed by atoms with Gasteiger partial charge in [-0.15, -0.1) is 0 Å². The average molecular weight is 276 g/mol. The Morgan fingerprint density at radius 3 is 2.75 bits per heavy atom. The zero-order valence-electron chi connectivity index (χ0n) is 12.3. The van der Waals surface area contributed by atoms with Gasteiger partial charge >= 0.3 is 0 Å². The second kappa shape index (κ2) is 6.27. The molecule has 1 amide bonds. The summed E-state index contributed by atoms with van der Waals surface area (Å²) in [7, 11) is 0. The quantitative estimate of drug-likeness (QED) is 0.863. The number of amides is 1. The van der Waals surface area contributed by atoms with Crippen LogP contribution in [0.3, 0.4) is 0 Å². The molecular weight excluding hydrogens is 252 g/mol. The van der Waals surface area contributed by atoms with Gasteiger partial charge in [-0.2, -0.15) is 0 Å². The van der Waals surface area contributed by atoms with E-state index in [1.807, 2.05) is 38.1 Å². The SMILES string of the molecule is CCC(CC)(CN)C(=O)NC1COc2ccccc2C1. The number of para-hydroxylation sites is 1. The van der Waals surface area contributed by atoms with Crippen molar-refractivity contribution in [1.29, 1.82) is 0 Å². The third-order valence-electron chi connectivity index (χ3n) is 4.44. The fourth-order valence-corrected chi connectivity index (χ4v) is 2.71. The molecule has 1 unspecified atom stereocenters. The van der Waals surface area contributed by atoms with E-state index in [1.54, 1.807) is 0 Å². The largest absolute Gasteiger partial charge is 0.491 e. The summed E-state index contributed by atoms with van der Waals surface area (Å²) < 4.78 is 5.70. The summed E-state index contributed by atoms with van der Waals surface area (Å²) in [6.07, 6.45) is 2.34. The molecule has 1 aliphatic heterocycles. The Hall–Kier alpha value is -1.55. The highest BCUT2D eigenvalue weighted by Crippen LogP contribution is 2.27. The number of carbonyl (C=O) groups excluding carboxylic acids is 1. The van der Waals surface area contributed by atoms with Crippen molar-refractivity contribution < 1.29 is 9.53 Å². The third kappa shape index (κ3) is 2.80. The first-order valence-corrected chi connectivity index (χ1v) is 7.37. The van der Waals surface area contributed by atoms with E-state index in [0.29, 0.717) is 13.2 Å². The third-order valence-corrected chi connectivity index (χ3v) is 4.44. The Bertz CT molecular complexity index is 461. The van der Waals surface area contributed by atoms with Gasteiger partial charge in [-0.25, -0.2) is 0 Å². The van der Waals surface area contributed by atoms with Crippen LogP contribution in [-0.2, 0) is 11.2 Å². The smallest absolute Gasteiger partial charge is 0.227 e. The summed E-state index contributed by atoms with van der Waals surface area (Å²) in [6, 6.07) is 8.00. The number of hydrogen-bond acceptors (Lipinski definition) is 3. The standard InChI is InChI=1S/C16H24N2O2/c1-3-16(4-2,11-17)15(19)18-13-9-12-7-5-6-8-14(12)20-10-13/h5-8,13H,3-4,9-11,17H2,1-2H3,(H,18,19). The van der Waals surface area contributed by atoms with E-state index in [2.05, 4.69) is 5.32 Å². The predicted octanol–water partition coefficient (Wildman–Crippen LogP) is 1.87. The van der Waals surface area contributed by atoms with Crippen LogP contribution in [0.4, 0.5) is 0 Å². The molecule has 0 radical (unpaired) electrons. The van der Waals surface area contributed by atoms with Gasteiger partial charge < -0.3 is 15.8 Å². The zero-order chi connectivity index (χ0) is 14.6. The van der Waals surface area contributed by atoms with Gasteiger partial charge in [0.1, 0.15) is 12.4 Å². The van der Waals surface area contributed by atoms with Crippen LogP contribution in [0.25, 0.3) is 0 Å². The number of nitrogens with two attached hydrogens (primary N) is 1. The number of fused-ring (bicyclic) bond motifs is 1. The minimum atomic E-state index is -0.447. The van der Waals surface area contributed by atoms with Gasteiger partial charge in [-0.1, -0.05) is 32.0 Å². The molecule has 0 fully saturated rings. The number of hydrogen-bond donors (Lipinski definition) is 2. The van der Waals surface area contributed by atoms with Crippen LogP contribution in [0.5, 0.6) is 5.75 Å². The molecule has 1 heterocycles. The van der Waals surface area contributed by atoms with Gasteiger partial charge in [-0.3, -0.25) is 4.79 Å². The summed E-state index contributed by atoms with van der Waals surface area (Å²) in [5.74, 6) is 0.979. The van der Waals surface area contributed by atoms with Crippen molar-refractivity contribution >= 4 is 5.91 Å². The van der Waals surface area contributed by atoms with E-state index in [9.17, 15) is 4.79 Å². The molecule has 0 aromatic heterocycles. The molecule has 4 nitrogen and oxygen atoms in total. The fraction of sp³-hybridized carbons (Fsp3) is 0.562. The first-order chi connectivity index (χ1) is 9.65. The van der Waals surface area contributed by atoms with Crippen LogP contribution >= 0.6 is 0 Å². The number of benzene rings is 1. The molecule has 1 aromatic carbocycles. The molecule has 0 spiro atoms. The van der Waals surface area contributed by atoms with Crippen LogP contribution in [0.1, 0.15) is 32.3 Å². The summed E-state index contributed by atoms with van der Waals surface area (Å²) in [5.41, 5.74) is 6.52. The maximum Gasteiger partial charge on any atom is 0.227 e. The van der Waals surface area contributed by atoms with E-state index in [-0.39, 0.29) is 11.9 Å². The molecule has 1 atom stereocenters. The molecule has 110 valence electrons. The normalized spacial score (nSPS) is 18.1. The first-order valence-electron chi connectivity index (χ1n) is 7.37. The van der Waals surface area contributed by atoms with Gasteiger partial charge in [0.15, 0.2) is 0 Å². The molecule has 2 rings (SSSR count). The summed E-state index contributed by atoms with van der Waals surface area (Å²) in [6.45, 7) is 4.94. The zero-order valence-corrected chi connectivity index (χ0v) is 12.3. The van der Waals surface area contributed by atoms with Crippen LogP contribution in [0.15, 0.2) is 24.3 Å². The molecule has 3 N–H and O–H groups in total. The Morgan fingerprint density at radius 1 is 1.40 bits per heavy atom. The second-order valence-corrected chi connectivity index (χ2v) is 5.48. The van der Waals surface area contributed by atoms with Crippen molar-refractivity contribution in [2.24, 2.45) is 11.1 Å². The maximum atomic E-state index is 12.5. The van der Waals surface area contributed by atoms with Gasteiger partial charge in [0.2, 0.25) is 5.91 Å². The topological polar surface area (TPSA) is 64.4 Å². The molecule has 0 aliphatic carbocycles. The van der Waals surface area contributed by atoms with Crippen LogP contribution in [-0.4, -0.2) is 25.1 Å². The van der Waals surface area contributed by atoms with E-state index in [1.165, 1.54) is 0 Å². The van der Waals surface area contributed by atoms with Crippen LogP contribution in [0.2, 0.25) is 0 Å². The van der Waals surface area contributed by atoms with Crippen molar-refractivity contribution in [1.82, 2.24) is 5.32 Å². The fourth-order valence-electron chi connectivity index (χ4n) is 2.71. The highest BCUT2D eigenvalue weighted by atomic mass is 16.5. The van der Waals surface area contributed by atoms with Crippen molar-refractivity contribution in [3.05, 3.63) is 29.8 Å². The number of carbonyl (C=O) groups is 1. The lowest BCUT2D eigenvalue weighted by molar-refractivity contribution is -0.132. The van der Waals surface area contributed by atoms with E-state index in [4.69, 9.17) is 10.5 Å². The highest BCUT2D eigenvalue weighted by Gasteiger charge is 2.35. The average Bonchev–Trinajstić information content (AvgIpc) is 2.49. The molecule has 0 saturated carbocycles. The number of nitrogens with one attached hydrogen (secondary N) is 1. The molecule has 0 saturated heterocycles. The van der Waals surface area contributed by atoms with Crippen molar-refractivity contribution in [2.45, 2.75) is 39.2 Å². The summed E-state index contributed by atoms with van der Waals surface area (Å²) in [5, 5.41) is 3.11. The minimum absolute atomic E-state index is 0.0291. The van der Waals surface area contributed by atoms with Crippen molar-refractivity contribution in [3.63, 3.8) is 0 Å². The molecule has 0 bridgehead atoms. The first kappa shape index (κ1) is 14.9. The Morgan fingerprint density at radius 2 is 2.10 bits per heavy atom. The Balaban J connectivity index is 2.03. The Kier molecular flexibility index (Phi) is 4.65. The van der Waals surface area contributed by atoms with Crippen LogP contribution in [0, 0.1) is 5.41 Å². The van der Waals surface area contributed by atoms with E-state index in [0.717, 1.165) is 30.6 Å². The molecule has 1 aromatic rings. The lowest BCUT2D eigenvalue weighted by Crippen LogP contribution is -2.51. The van der Waals surface area contributed by atoms with E-state index < -0.39 is 5.41 Å².